The minimum atomic E-state index is -0.337. The molecule has 0 saturated heterocycles. The average molecular weight is 317 g/mol. The van der Waals surface area contributed by atoms with Crippen molar-refractivity contribution in [1.29, 1.82) is 0 Å². The number of anilines is 1. The van der Waals surface area contributed by atoms with Crippen LogP contribution in [0.5, 0.6) is 0 Å². The quantitative estimate of drug-likeness (QED) is 0.540. The summed E-state index contributed by atoms with van der Waals surface area (Å²) in [5.41, 5.74) is 3.16. The summed E-state index contributed by atoms with van der Waals surface area (Å²) in [6.45, 7) is 5.92. The van der Waals surface area contributed by atoms with Crippen LogP contribution in [-0.2, 0) is 0 Å². The first-order chi connectivity index (χ1) is 11.7. The van der Waals surface area contributed by atoms with Crippen LogP contribution in [0.3, 0.4) is 0 Å². The Morgan fingerprint density at radius 1 is 0.958 bits per heavy atom. The third-order valence-electron chi connectivity index (χ3n) is 3.96. The molecule has 0 spiro atoms. The van der Waals surface area contributed by atoms with Crippen LogP contribution >= 0.6 is 0 Å². The van der Waals surface area contributed by atoms with E-state index in [4.69, 9.17) is 4.42 Å². The molecule has 0 unspecified atom stereocenters. The van der Waals surface area contributed by atoms with E-state index >= 15 is 0 Å². The Balaban J connectivity index is 2.17. The molecular formula is C21H19NO2. The normalized spacial score (nSPS) is 10.2. The standard InChI is InChI=1S/C21H19NO2/c1-3-22(4-2)19-15-20-18(12-13-21(23)24-20)14-17(19)11-10-16-8-6-5-7-9-16/h5-9,12-15H,3-4H2,1-2H3. The summed E-state index contributed by atoms with van der Waals surface area (Å²) in [5, 5.41) is 0.878. The number of hydrogen-bond donors (Lipinski definition) is 0. The molecular weight excluding hydrogens is 298 g/mol. The maximum Gasteiger partial charge on any atom is 0.336 e. The number of benzene rings is 2. The third-order valence-corrected chi connectivity index (χ3v) is 3.96. The van der Waals surface area contributed by atoms with E-state index in [0.29, 0.717) is 5.58 Å². The van der Waals surface area contributed by atoms with Crippen LogP contribution < -0.4 is 10.5 Å². The van der Waals surface area contributed by atoms with Crippen LogP contribution in [0.2, 0.25) is 0 Å². The van der Waals surface area contributed by atoms with Crippen LogP contribution in [0.1, 0.15) is 25.0 Å². The fourth-order valence-electron chi connectivity index (χ4n) is 2.69. The van der Waals surface area contributed by atoms with Crippen LogP contribution in [0.15, 0.2) is 63.8 Å². The second-order valence-electron chi connectivity index (χ2n) is 5.45. The van der Waals surface area contributed by atoms with Gasteiger partial charge in [-0.15, -0.1) is 0 Å². The Labute approximate surface area is 141 Å². The van der Waals surface area contributed by atoms with E-state index in [0.717, 1.165) is 35.3 Å². The Bertz CT molecular complexity index is 958. The molecule has 1 heterocycles. The zero-order chi connectivity index (χ0) is 16.9. The second kappa shape index (κ2) is 7.06. The molecule has 0 aliphatic rings. The molecule has 0 atom stereocenters. The summed E-state index contributed by atoms with van der Waals surface area (Å²) in [5.74, 6) is 6.49. The molecule has 1 aromatic heterocycles. The largest absolute Gasteiger partial charge is 0.423 e. The smallest absolute Gasteiger partial charge is 0.336 e. The highest BCUT2D eigenvalue weighted by molar-refractivity contribution is 5.84. The highest BCUT2D eigenvalue weighted by atomic mass is 16.4. The monoisotopic (exact) mass is 317 g/mol. The van der Waals surface area contributed by atoms with Crippen molar-refractivity contribution in [2.24, 2.45) is 0 Å². The number of hydrogen-bond acceptors (Lipinski definition) is 3. The van der Waals surface area contributed by atoms with E-state index in [9.17, 15) is 4.79 Å². The molecule has 120 valence electrons. The van der Waals surface area contributed by atoms with Gasteiger partial charge >= 0.3 is 5.63 Å². The molecule has 3 heteroatoms. The molecule has 3 nitrogen and oxygen atoms in total. The van der Waals surface area contributed by atoms with Gasteiger partial charge in [0.25, 0.3) is 0 Å². The molecule has 0 bridgehead atoms. The first-order valence-corrected chi connectivity index (χ1v) is 8.11. The summed E-state index contributed by atoms with van der Waals surface area (Å²) < 4.78 is 5.33. The molecule has 3 rings (SSSR count). The van der Waals surface area contributed by atoms with Gasteiger partial charge < -0.3 is 9.32 Å². The predicted molar refractivity (Wildman–Crippen MR) is 98.5 cm³/mol. The maximum atomic E-state index is 11.5. The van der Waals surface area contributed by atoms with Crippen molar-refractivity contribution < 1.29 is 4.42 Å². The number of fused-ring (bicyclic) bond motifs is 1. The van der Waals surface area contributed by atoms with Crippen molar-refractivity contribution in [3.05, 3.63) is 76.1 Å². The van der Waals surface area contributed by atoms with Crippen LogP contribution in [-0.4, -0.2) is 13.1 Å². The SMILES string of the molecule is CCN(CC)c1cc2oc(=O)ccc2cc1C#Cc1ccccc1. The first kappa shape index (κ1) is 15.9. The summed E-state index contributed by atoms with van der Waals surface area (Å²) in [4.78, 5) is 13.7. The summed E-state index contributed by atoms with van der Waals surface area (Å²) >= 11 is 0. The van der Waals surface area contributed by atoms with Gasteiger partial charge in [0.1, 0.15) is 5.58 Å². The molecule has 0 aliphatic carbocycles. The van der Waals surface area contributed by atoms with Gasteiger partial charge in [-0.05, 0) is 38.1 Å². The van der Waals surface area contributed by atoms with Gasteiger partial charge in [0, 0.05) is 41.7 Å². The minimum absolute atomic E-state index is 0.337. The fraction of sp³-hybridized carbons (Fsp3) is 0.190. The van der Waals surface area contributed by atoms with Gasteiger partial charge in [0.05, 0.1) is 5.69 Å². The Hall–Kier alpha value is -2.99. The molecule has 0 aliphatic heterocycles. The van der Waals surface area contributed by atoms with Crippen molar-refractivity contribution in [2.45, 2.75) is 13.8 Å². The fourth-order valence-corrected chi connectivity index (χ4v) is 2.69. The van der Waals surface area contributed by atoms with Crippen LogP contribution in [0, 0.1) is 11.8 Å². The second-order valence-corrected chi connectivity index (χ2v) is 5.45. The van der Waals surface area contributed by atoms with E-state index in [1.807, 2.05) is 42.5 Å². The summed E-state index contributed by atoms with van der Waals surface area (Å²) in [7, 11) is 0. The molecule has 0 radical (unpaired) electrons. The molecule has 0 N–H and O–H groups in total. The summed E-state index contributed by atoms with van der Waals surface area (Å²) in [6.07, 6.45) is 0. The van der Waals surface area contributed by atoms with Gasteiger partial charge in [-0.3, -0.25) is 0 Å². The zero-order valence-electron chi connectivity index (χ0n) is 13.9. The Morgan fingerprint density at radius 2 is 1.71 bits per heavy atom. The van der Waals surface area contributed by atoms with Gasteiger partial charge in [-0.25, -0.2) is 4.79 Å². The Morgan fingerprint density at radius 3 is 2.42 bits per heavy atom. The molecule has 24 heavy (non-hydrogen) atoms. The molecule has 3 aromatic rings. The maximum absolute atomic E-state index is 11.5. The Kier molecular flexibility index (Phi) is 4.67. The van der Waals surface area contributed by atoms with Crippen molar-refractivity contribution in [2.75, 3.05) is 18.0 Å². The third kappa shape index (κ3) is 3.33. The molecule has 0 amide bonds. The van der Waals surface area contributed by atoms with Crippen LogP contribution in [0.4, 0.5) is 5.69 Å². The highest BCUT2D eigenvalue weighted by Gasteiger charge is 2.10. The van der Waals surface area contributed by atoms with E-state index in [1.165, 1.54) is 6.07 Å². The summed E-state index contributed by atoms with van der Waals surface area (Å²) in [6, 6.07) is 17.0. The predicted octanol–water partition coefficient (Wildman–Crippen LogP) is 4.04. The van der Waals surface area contributed by atoms with Gasteiger partial charge in [0.15, 0.2) is 0 Å². The van der Waals surface area contributed by atoms with Crippen molar-refractivity contribution in [3.8, 4) is 11.8 Å². The lowest BCUT2D eigenvalue weighted by Crippen LogP contribution is -2.22. The topological polar surface area (TPSA) is 33.5 Å². The van der Waals surface area contributed by atoms with E-state index in [-0.39, 0.29) is 5.63 Å². The number of nitrogens with zero attached hydrogens (tertiary/aromatic N) is 1. The van der Waals surface area contributed by atoms with Crippen LogP contribution in [0.25, 0.3) is 11.0 Å². The molecule has 0 fully saturated rings. The van der Waals surface area contributed by atoms with Crippen molar-refractivity contribution >= 4 is 16.7 Å². The van der Waals surface area contributed by atoms with Gasteiger partial charge in [0.2, 0.25) is 0 Å². The lowest BCUT2D eigenvalue weighted by atomic mass is 10.1. The minimum Gasteiger partial charge on any atom is -0.423 e. The van der Waals surface area contributed by atoms with Gasteiger partial charge in [-0.2, -0.15) is 0 Å². The van der Waals surface area contributed by atoms with E-state index < -0.39 is 0 Å². The zero-order valence-corrected chi connectivity index (χ0v) is 13.9. The van der Waals surface area contributed by atoms with Crippen molar-refractivity contribution in [3.63, 3.8) is 0 Å². The molecule has 2 aromatic carbocycles. The number of rotatable bonds is 3. The average Bonchev–Trinajstić information content (AvgIpc) is 2.62. The van der Waals surface area contributed by atoms with E-state index in [1.54, 1.807) is 6.07 Å². The molecule has 0 saturated carbocycles. The lowest BCUT2D eigenvalue weighted by Gasteiger charge is -2.22. The van der Waals surface area contributed by atoms with Gasteiger partial charge in [-0.1, -0.05) is 30.0 Å². The van der Waals surface area contributed by atoms with E-state index in [2.05, 4.69) is 30.6 Å². The first-order valence-electron chi connectivity index (χ1n) is 8.11. The van der Waals surface area contributed by atoms with Crippen molar-refractivity contribution in [1.82, 2.24) is 0 Å². The highest BCUT2D eigenvalue weighted by Crippen LogP contribution is 2.26. The lowest BCUT2D eigenvalue weighted by molar-refractivity contribution is 0.561.